The molecule has 162 valence electrons. The van der Waals surface area contributed by atoms with Gasteiger partial charge in [-0.05, 0) is 53.9 Å². The minimum atomic E-state index is -0.696. The van der Waals surface area contributed by atoms with Crippen molar-refractivity contribution in [3.63, 3.8) is 0 Å². The minimum Gasteiger partial charge on any atom is -0.325 e. The van der Waals surface area contributed by atoms with Crippen molar-refractivity contribution < 1.29 is 4.39 Å². The highest BCUT2D eigenvalue weighted by Gasteiger charge is 2.28. The Labute approximate surface area is 191 Å². The van der Waals surface area contributed by atoms with Gasteiger partial charge in [-0.25, -0.2) is 9.38 Å². The topological polar surface area (TPSA) is 68.8 Å². The van der Waals surface area contributed by atoms with Gasteiger partial charge >= 0.3 is 0 Å². The van der Waals surface area contributed by atoms with Gasteiger partial charge in [-0.1, -0.05) is 55.1 Å². The van der Waals surface area contributed by atoms with Gasteiger partial charge in [0.2, 0.25) is 0 Å². The van der Waals surface area contributed by atoms with Crippen LogP contribution in [-0.2, 0) is 6.42 Å². The van der Waals surface area contributed by atoms with Crippen LogP contribution in [0, 0.1) is 22.1 Å². The zero-order valence-electron chi connectivity index (χ0n) is 18.1. The van der Waals surface area contributed by atoms with Gasteiger partial charge in [0.25, 0.3) is 0 Å². The van der Waals surface area contributed by atoms with Gasteiger partial charge in [-0.15, -0.1) is 4.91 Å². The largest absolute Gasteiger partial charge is 0.325 e. The van der Waals surface area contributed by atoms with Crippen LogP contribution < -0.4 is 0 Å². The van der Waals surface area contributed by atoms with Crippen LogP contribution in [-0.4, -0.2) is 17.3 Å². The second kappa shape index (κ2) is 9.41. The van der Waals surface area contributed by atoms with E-state index < -0.39 is 5.82 Å². The first kappa shape index (κ1) is 21.8. The van der Waals surface area contributed by atoms with E-state index in [0.29, 0.717) is 41.3 Å². The van der Waals surface area contributed by atoms with Crippen LogP contribution in [0.5, 0.6) is 0 Å². The maximum atomic E-state index is 14.4. The van der Waals surface area contributed by atoms with Crippen LogP contribution in [0.25, 0.3) is 5.57 Å². The number of amidine groups is 1. The van der Waals surface area contributed by atoms with Gasteiger partial charge in [0.1, 0.15) is 5.84 Å². The molecule has 3 aromatic rings. The molecule has 1 heterocycles. The molecule has 0 N–H and O–H groups in total. The number of allylic oxidation sites excluding steroid dienone is 2. The summed E-state index contributed by atoms with van der Waals surface area (Å²) in [4.78, 5) is 18.1. The normalized spacial score (nSPS) is 13.5. The number of hydrogen-bond donors (Lipinski definition) is 0. The number of benzene rings is 3. The second-order valence-corrected chi connectivity index (χ2v) is 7.65. The fourth-order valence-electron chi connectivity index (χ4n) is 3.95. The third-order valence-corrected chi connectivity index (χ3v) is 5.59. The Kier molecular flexibility index (Phi) is 6.23. The molecular weight excluding hydrogens is 415 g/mol. The van der Waals surface area contributed by atoms with Gasteiger partial charge in [0.05, 0.1) is 11.6 Å². The highest BCUT2D eigenvalue weighted by atomic mass is 19.1. The predicted octanol–water partition coefficient (Wildman–Crippen LogP) is 6.35. The lowest BCUT2D eigenvalue weighted by molar-refractivity contribution is 0.529. The molecule has 0 bridgehead atoms. The van der Waals surface area contributed by atoms with E-state index in [1.54, 1.807) is 18.2 Å². The summed E-state index contributed by atoms with van der Waals surface area (Å²) in [5, 5.41) is 12.1. The molecule has 0 fully saturated rings. The van der Waals surface area contributed by atoms with Gasteiger partial charge in [-0.2, -0.15) is 5.26 Å². The van der Waals surface area contributed by atoms with E-state index in [-0.39, 0.29) is 5.69 Å². The van der Waals surface area contributed by atoms with Gasteiger partial charge in [0.15, 0.2) is 11.5 Å². The monoisotopic (exact) mass is 436 g/mol. The molecular formula is C27H21FN4O. The zero-order chi connectivity index (χ0) is 23.4. The zero-order valence-corrected chi connectivity index (χ0v) is 18.1. The van der Waals surface area contributed by atoms with Crippen LogP contribution >= 0.6 is 0 Å². The molecule has 0 unspecified atom stereocenters. The molecule has 0 atom stereocenters. The molecule has 4 rings (SSSR count). The fourth-order valence-corrected chi connectivity index (χ4v) is 3.95. The Hall–Kier alpha value is -4.37. The van der Waals surface area contributed by atoms with Gasteiger partial charge in [0, 0.05) is 29.1 Å². The number of hydrogen-bond acceptors (Lipinski definition) is 5. The molecule has 1 aliphatic rings. The van der Waals surface area contributed by atoms with Crippen LogP contribution in [0.2, 0.25) is 0 Å². The molecule has 0 radical (unpaired) electrons. The first-order chi connectivity index (χ1) is 16.0. The maximum Gasteiger partial charge on any atom is 0.154 e. The smallest absolute Gasteiger partial charge is 0.154 e. The summed E-state index contributed by atoms with van der Waals surface area (Å²) in [5.74, 6) is -0.265. The van der Waals surface area contributed by atoms with Crippen molar-refractivity contribution in [1.29, 1.82) is 5.26 Å². The number of nitroso groups, excluding NO2 is 1. The van der Waals surface area contributed by atoms with E-state index in [2.05, 4.69) is 17.8 Å². The second-order valence-electron chi connectivity index (χ2n) is 7.65. The third kappa shape index (κ3) is 4.35. The molecule has 1 aliphatic heterocycles. The lowest BCUT2D eigenvalue weighted by Gasteiger charge is -2.34. The van der Waals surface area contributed by atoms with Crippen molar-refractivity contribution in [3.8, 4) is 6.07 Å². The molecule has 0 saturated carbocycles. The molecule has 0 aliphatic carbocycles. The Morgan fingerprint density at radius 1 is 1.06 bits per heavy atom. The predicted molar refractivity (Wildman–Crippen MR) is 128 cm³/mol. The lowest BCUT2D eigenvalue weighted by Crippen LogP contribution is -2.35. The SMILES string of the molecule is C=C1C(c2ccc(C#N)cc2)=C(C)N=C(c2cccc(F)c2N=O)N1CCc1ccccc1. The van der Waals surface area contributed by atoms with E-state index in [9.17, 15) is 9.30 Å². The van der Waals surface area contributed by atoms with Gasteiger partial charge in [-0.3, -0.25) is 0 Å². The average molecular weight is 436 g/mol. The number of rotatable bonds is 6. The highest BCUT2D eigenvalue weighted by molar-refractivity contribution is 6.08. The molecule has 0 spiro atoms. The minimum absolute atomic E-state index is 0.275. The number of halogens is 1. The summed E-state index contributed by atoms with van der Waals surface area (Å²) in [6.45, 7) is 6.70. The molecule has 3 aromatic carbocycles. The van der Waals surface area contributed by atoms with Crippen LogP contribution in [0.15, 0.2) is 101 Å². The summed E-state index contributed by atoms with van der Waals surface area (Å²) >= 11 is 0. The summed E-state index contributed by atoms with van der Waals surface area (Å²) in [6, 6.07) is 23.7. The molecule has 6 heteroatoms. The summed E-state index contributed by atoms with van der Waals surface area (Å²) in [6.07, 6.45) is 0.692. The Bertz CT molecular complexity index is 1320. The van der Waals surface area contributed by atoms with E-state index in [1.807, 2.05) is 54.3 Å². The number of aliphatic imine (C=N–C) groups is 1. The van der Waals surface area contributed by atoms with Crippen molar-refractivity contribution >= 4 is 17.1 Å². The van der Waals surface area contributed by atoms with Crippen molar-refractivity contribution in [1.82, 2.24) is 4.90 Å². The van der Waals surface area contributed by atoms with Crippen LogP contribution in [0.3, 0.4) is 0 Å². The van der Waals surface area contributed by atoms with Gasteiger partial charge < -0.3 is 4.90 Å². The van der Waals surface area contributed by atoms with E-state index in [4.69, 9.17) is 10.3 Å². The van der Waals surface area contributed by atoms with Crippen LogP contribution in [0.4, 0.5) is 10.1 Å². The first-order valence-corrected chi connectivity index (χ1v) is 10.5. The Balaban J connectivity index is 1.82. The fraction of sp³-hybridized carbons (Fsp3) is 0.111. The molecule has 5 nitrogen and oxygen atoms in total. The number of nitrogens with zero attached hydrogens (tertiary/aromatic N) is 4. The average Bonchev–Trinajstić information content (AvgIpc) is 2.84. The lowest BCUT2D eigenvalue weighted by atomic mass is 9.96. The van der Waals surface area contributed by atoms with E-state index in [0.717, 1.165) is 16.7 Å². The quantitative estimate of drug-likeness (QED) is 0.423. The molecule has 33 heavy (non-hydrogen) atoms. The maximum absolute atomic E-state index is 14.4. The molecule has 0 aromatic heterocycles. The Morgan fingerprint density at radius 3 is 2.45 bits per heavy atom. The van der Waals surface area contributed by atoms with Crippen molar-refractivity contribution in [2.24, 2.45) is 10.2 Å². The summed E-state index contributed by atoms with van der Waals surface area (Å²) < 4.78 is 14.4. The Morgan fingerprint density at radius 2 is 1.79 bits per heavy atom. The first-order valence-electron chi connectivity index (χ1n) is 10.5. The van der Waals surface area contributed by atoms with E-state index in [1.165, 1.54) is 12.1 Å². The summed E-state index contributed by atoms with van der Waals surface area (Å²) in [7, 11) is 0. The molecule has 0 saturated heterocycles. The summed E-state index contributed by atoms with van der Waals surface area (Å²) in [5.41, 5.74) is 4.79. The molecule has 0 amide bonds. The standard InChI is InChI=1S/C27H21FN4O/c1-18-25(22-13-11-21(17-29)12-14-22)19(2)32(16-15-20-7-4-3-5-8-20)27(30-18)23-9-6-10-24(28)26(23)31-33/h3-14H,2,15-16H2,1H3. The van der Waals surface area contributed by atoms with Crippen LogP contribution in [0.1, 0.15) is 29.2 Å². The number of nitriles is 1. The van der Waals surface area contributed by atoms with Crippen molar-refractivity contribution in [3.05, 3.63) is 124 Å². The van der Waals surface area contributed by atoms with Crippen molar-refractivity contribution in [2.45, 2.75) is 13.3 Å². The van der Waals surface area contributed by atoms with Crippen molar-refractivity contribution in [2.75, 3.05) is 6.54 Å². The highest BCUT2D eigenvalue weighted by Crippen LogP contribution is 2.36. The van der Waals surface area contributed by atoms with E-state index >= 15 is 0 Å². The third-order valence-electron chi connectivity index (χ3n) is 5.59.